The summed E-state index contributed by atoms with van der Waals surface area (Å²) >= 11 is 0. The topological polar surface area (TPSA) is 59.5 Å². The van der Waals surface area contributed by atoms with Crippen molar-refractivity contribution in [2.45, 2.75) is 32.1 Å². The van der Waals surface area contributed by atoms with Crippen LogP contribution in [0, 0.1) is 5.92 Å². The third kappa shape index (κ3) is 4.16. The lowest BCUT2D eigenvalue weighted by Gasteiger charge is -2.25. The van der Waals surface area contributed by atoms with Gasteiger partial charge in [0.2, 0.25) is 5.91 Å². The minimum atomic E-state index is -0.412. The summed E-state index contributed by atoms with van der Waals surface area (Å²) in [6.45, 7) is 0. The number of pyridine rings is 1. The van der Waals surface area contributed by atoms with E-state index < -0.39 is 5.97 Å². The molecular weight excluding hydrogens is 280 g/mol. The van der Waals surface area contributed by atoms with E-state index in [9.17, 15) is 9.59 Å². The standard InChI is InChI=1S/C17H22N2O3/c1-19(17(21)14-6-4-3-5-7-14)15-12-13(10-11-18-15)8-9-16(20)22-2/h8-12,14H,3-7H2,1-2H3/b9-8+. The first-order valence-corrected chi connectivity index (χ1v) is 7.61. The molecule has 1 aliphatic carbocycles. The highest BCUT2D eigenvalue weighted by Gasteiger charge is 2.25. The molecule has 0 saturated heterocycles. The van der Waals surface area contributed by atoms with Crippen LogP contribution in [0.5, 0.6) is 0 Å². The van der Waals surface area contributed by atoms with Gasteiger partial charge in [0.05, 0.1) is 7.11 Å². The van der Waals surface area contributed by atoms with E-state index in [1.54, 1.807) is 36.4 Å². The quantitative estimate of drug-likeness (QED) is 0.634. The van der Waals surface area contributed by atoms with Gasteiger partial charge >= 0.3 is 5.97 Å². The number of carbonyl (C=O) groups is 2. The summed E-state index contributed by atoms with van der Waals surface area (Å²) in [5.41, 5.74) is 0.804. The van der Waals surface area contributed by atoms with Crippen molar-refractivity contribution in [3.63, 3.8) is 0 Å². The number of aromatic nitrogens is 1. The zero-order valence-electron chi connectivity index (χ0n) is 13.1. The molecule has 0 aliphatic heterocycles. The van der Waals surface area contributed by atoms with Gasteiger partial charge in [-0.15, -0.1) is 0 Å². The largest absolute Gasteiger partial charge is 0.466 e. The molecule has 1 aliphatic rings. The van der Waals surface area contributed by atoms with Gasteiger partial charge in [-0.2, -0.15) is 0 Å². The second-order valence-electron chi connectivity index (χ2n) is 5.54. The average molecular weight is 302 g/mol. The van der Waals surface area contributed by atoms with Crippen molar-refractivity contribution in [1.29, 1.82) is 0 Å². The van der Waals surface area contributed by atoms with Gasteiger partial charge in [-0.05, 0) is 36.6 Å². The highest BCUT2D eigenvalue weighted by atomic mass is 16.5. The molecule has 0 radical (unpaired) electrons. The summed E-state index contributed by atoms with van der Waals surface area (Å²) < 4.78 is 4.56. The summed E-state index contributed by atoms with van der Waals surface area (Å²) in [5.74, 6) is 0.420. The van der Waals surface area contributed by atoms with Crippen LogP contribution in [0.1, 0.15) is 37.7 Å². The van der Waals surface area contributed by atoms with Crippen LogP contribution in [0.25, 0.3) is 6.08 Å². The highest BCUT2D eigenvalue weighted by Crippen LogP contribution is 2.26. The molecule has 5 nitrogen and oxygen atoms in total. The zero-order chi connectivity index (χ0) is 15.9. The lowest BCUT2D eigenvalue weighted by molar-refractivity contribution is -0.134. The van der Waals surface area contributed by atoms with Gasteiger partial charge < -0.3 is 4.74 Å². The molecule has 1 aromatic heterocycles. The Morgan fingerprint density at radius 3 is 2.73 bits per heavy atom. The second kappa shape index (κ2) is 7.73. The molecule has 0 aromatic carbocycles. The van der Waals surface area contributed by atoms with Crippen LogP contribution >= 0.6 is 0 Å². The van der Waals surface area contributed by atoms with E-state index in [0.29, 0.717) is 5.82 Å². The molecule has 0 spiro atoms. The molecule has 5 heteroatoms. The first-order chi connectivity index (χ1) is 10.6. The fraction of sp³-hybridized carbons (Fsp3) is 0.471. The van der Waals surface area contributed by atoms with Gasteiger partial charge in [0.25, 0.3) is 0 Å². The highest BCUT2D eigenvalue weighted by molar-refractivity contribution is 5.94. The van der Waals surface area contributed by atoms with Crippen molar-refractivity contribution in [2.75, 3.05) is 19.1 Å². The number of hydrogen-bond donors (Lipinski definition) is 0. The first kappa shape index (κ1) is 16.2. The Kier molecular flexibility index (Phi) is 5.69. The first-order valence-electron chi connectivity index (χ1n) is 7.61. The lowest BCUT2D eigenvalue weighted by Crippen LogP contribution is -2.34. The number of amides is 1. The van der Waals surface area contributed by atoms with Gasteiger partial charge in [0.1, 0.15) is 5.82 Å². The molecule has 0 unspecified atom stereocenters. The van der Waals surface area contributed by atoms with Crippen molar-refractivity contribution >= 4 is 23.8 Å². The molecule has 118 valence electrons. The van der Waals surface area contributed by atoms with Crippen LogP contribution in [-0.4, -0.2) is 31.0 Å². The maximum atomic E-state index is 12.5. The van der Waals surface area contributed by atoms with Gasteiger partial charge in [-0.1, -0.05) is 19.3 Å². The van der Waals surface area contributed by atoms with E-state index in [1.807, 2.05) is 0 Å². The Hall–Kier alpha value is -2.17. The van der Waals surface area contributed by atoms with Crippen molar-refractivity contribution < 1.29 is 14.3 Å². The summed E-state index contributed by atoms with van der Waals surface area (Å²) in [7, 11) is 3.09. The Bertz CT molecular complexity index is 563. The maximum absolute atomic E-state index is 12.5. The van der Waals surface area contributed by atoms with Crippen LogP contribution in [-0.2, 0) is 14.3 Å². The monoisotopic (exact) mass is 302 g/mol. The van der Waals surface area contributed by atoms with Gasteiger partial charge in [-0.3, -0.25) is 9.69 Å². The van der Waals surface area contributed by atoms with Crippen molar-refractivity contribution in [1.82, 2.24) is 4.98 Å². The van der Waals surface area contributed by atoms with Gasteiger partial charge in [0.15, 0.2) is 0 Å². The minimum absolute atomic E-state index is 0.106. The summed E-state index contributed by atoms with van der Waals surface area (Å²) in [4.78, 5) is 29.5. The van der Waals surface area contributed by atoms with E-state index in [2.05, 4.69) is 9.72 Å². The molecule has 1 fully saturated rings. The van der Waals surface area contributed by atoms with Crippen molar-refractivity contribution in [2.24, 2.45) is 5.92 Å². The van der Waals surface area contributed by atoms with Crippen LogP contribution in [0.3, 0.4) is 0 Å². The Morgan fingerprint density at radius 1 is 1.32 bits per heavy atom. The Labute approximate surface area is 131 Å². The minimum Gasteiger partial charge on any atom is -0.466 e. The molecule has 0 bridgehead atoms. The van der Waals surface area contributed by atoms with Crippen LogP contribution in [0.4, 0.5) is 5.82 Å². The number of nitrogens with zero attached hydrogens (tertiary/aromatic N) is 2. The van der Waals surface area contributed by atoms with E-state index in [-0.39, 0.29) is 11.8 Å². The SMILES string of the molecule is COC(=O)/C=C/c1ccnc(N(C)C(=O)C2CCCCC2)c1. The van der Waals surface area contributed by atoms with Crippen LogP contribution < -0.4 is 4.90 Å². The number of methoxy groups -OCH3 is 1. The van der Waals surface area contributed by atoms with Crippen molar-refractivity contribution in [3.05, 3.63) is 30.0 Å². The maximum Gasteiger partial charge on any atom is 0.330 e. The summed E-state index contributed by atoms with van der Waals surface area (Å²) in [6, 6.07) is 3.57. The third-order valence-electron chi connectivity index (χ3n) is 4.01. The van der Waals surface area contributed by atoms with Crippen LogP contribution in [0.15, 0.2) is 24.4 Å². The Balaban J connectivity index is 2.09. The van der Waals surface area contributed by atoms with E-state index >= 15 is 0 Å². The fourth-order valence-electron chi connectivity index (χ4n) is 2.69. The fourth-order valence-corrected chi connectivity index (χ4v) is 2.69. The number of esters is 1. The summed E-state index contributed by atoms with van der Waals surface area (Å²) in [6.07, 6.45) is 10.0. The van der Waals surface area contributed by atoms with Crippen molar-refractivity contribution in [3.8, 4) is 0 Å². The Morgan fingerprint density at radius 2 is 2.05 bits per heavy atom. The average Bonchev–Trinajstić information content (AvgIpc) is 2.59. The third-order valence-corrected chi connectivity index (χ3v) is 4.01. The van der Waals surface area contributed by atoms with E-state index in [0.717, 1.165) is 31.2 Å². The smallest absolute Gasteiger partial charge is 0.330 e. The molecule has 1 amide bonds. The van der Waals surface area contributed by atoms with Gasteiger partial charge in [-0.25, -0.2) is 9.78 Å². The predicted molar refractivity (Wildman–Crippen MR) is 85.3 cm³/mol. The van der Waals surface area contributed by atoms with E-state index in [1.165, 1.54) is 19.6 Å². The number of ether oxygens (including phenoxy) is 1. The number of rotatable bonds is 4. The molecule has 2 rings (SSSR count). The number of anilines is 1. The molecular formula is C17H22N2O3. The summed E-state index contributed by atoms with van der Waals surface area (Å²) in [5, 5.41) is 0. The van der Waals surface area contributed by atoms with E-state index in [4.69, 9.17) is 0 Å². The molecule has 0 atom stereocenters. The number of carbonyl (C=O) groups excluding carboxylic acids is 2. The molecule has 0 N–H and O–H groups in total. The second-order valence-corrected chi connectivity index (χ2v) is 5.54. The van der Waals surface area contributed by atoms with Gasteiger partial charge in [0, 0.05) is 25.2 Å². The molecule has 1 heterocycles. The predicted octanol–water partition coefficient (Wildman–Crippen LogP) is 2.81. The normalized spacial score (nSPS) is 15.7. The van der Waals surface area contributed by atoms with Crippen LogP contribution in [0.2, 0.25) is 0 Å². The lowest BCUT2D eigenvalue weighted by atomic mass is 9.88. The zero-order valence-corrected chi connectivity index (χ0v) is 13.1. The molecule has 1 saturated carbocycles. The molecule has 22 heavy (non-hydrogen) atoms. The molecule has 1 aromatic rings. The number of hydrogen-bond acceptors (Lipinski definition) is 4.